The molecule has 0 aromatic rings. The molecule has 0 aromatic heterocycles. The van der Waals surface area contributed by atoms with Crippen molar-refractivity contribution in [2.75, 3.05) is 7.05 Å². The number of hydrogen-bond acceptors (Lipinski definition) is 5. The third kappa shape index (κ3) is 10.5. The second-order valence-corrected chi connectivity index (χ2v) is 11.3. The van der Waals surface area contributed by atoms with Gasteiger partial charge in [0.15, 0.2) is 0 Å². The van der Waals surface area contributed by atoms with Crippen LogP contribution in [0, 0.1) is 11.8 Å². The van der Waals surface area contributed by atoms with Crippen molar-refractivity contribution in [3.8, 4) is 0 Å². The molecule has 1 amide bonds. The highest BCUT2D eigenvalue weighted by atomic mass is 16.5. The van der Waals surface area contributed by atoms with Gasteiger partial charge in [0.05, 0.1) is 30.8 Å². The van der Waals surface area contributed by atoms with Crippen LogP contribution in [0.4, 0.5) is 0 Å². The molecule has 3 heterocycles. The minimum absolute atomic E-state index is 0.0401. The van der Waals surface area contributed by atoms with Gasteiger partial charge in [-0.25, -0.2) is 0 Å². The second kappa shape index (κ2) is 16.0. The van der Waals surface area contributed by atoms with Crippen LogP contribution in [0.2, 0.25) is 0 Å². The van der Waals surface area contributed by atoms with E-state index in [0.29, 0.717) is 18.4 Å². The number of hydrogen-bond donors (Lipinski definition) is 1. The summed E-state index contributed by atoms with van der Waals surface area (Å²) >= 11 is 0. The Balaban J connectivity index is 1.71. The number of amides is 1. The number of esters is 1. The number of rotatable bonds is 6. The minimum atomic E-state index is -0.356. The molecule has 6 nitrogen and oxygen atoms in total. The average molecular weight is 528 g/mol. The molecule has 2 saturated heterocycles. The number of nitrogens with one attached hydrogen (secondary N) is 1. The molecule has 4 bridgehead atoms. The first-order valence-corrected chi connectivity index (χ1v) is 14.7. The van der Waals surface area contributed by atoms with Crippen LogP contribution in [0.5, 0.6) is 0 Å². The second-order valence-electron chi connectivity index (χ2n) is 11.3. The number of fused-ring (bicyclic) bond motifs is 4. The van der Waals surface area contributed by atoms with E-state index in [9.17, 15) is 9.59 Å². The van der Waals surface area contributed by atoms with E-state index in [1.54, 1.807) is 7.05 Å². The van der Waals surface area contributed by atoms with Crippen molar-refractivity contribution in [2.45, 2.75) is 122 Å². The topological polar surface area (TPSA) is 73.9 Å². The van der Waals surface area contributed by atoms with E-state index in [2.05, 4.69) is 44.3 Å². The first-order chi connectivity index (χ1) is 18.4. The molecule has 0 spiro atoms. The summed E-state index contributed by atoms with van der Waals surface area (Å²) in [6.45, 7) is 6.42. The van der Waals surface area contributed by atoms with Gasteiger partial charge in [-0.15, -0.1) is 0 Å². The molecule has 3 aliphatic heterocycles. The fraction of sp³-hybridized carbons (Fsp3) is 0.688. The maximum Gasteiger partial charge on any atom is 0.309 e. The molecule has 38 heavy (non-hydrogen) atoms. The van der Waals surface area contributed by atoms with Crippen molar-refractivity contribution in [3.63, 3.8) is 0 Å². The molecular formula is C32H49NO5. The van der Waals surface area contributed by atoms with Gasteiger partial charge < -0.3 is 19.5 Å². The van der Waals surface area contributed by atoms with E-state index in [1.165, 1.54) is 12.0 Å². The van der Waals surface area contributed by atoms with E-state index >= 15 is 0 Å². The predicted octanol–water partition coefficient (Wildman–Crippen LogP) is 6.37. The first kappa shape index (κ1) is 30.4. The summed E-state index contributed by atoms with van der Waals surface area (Å²) in [5.41, 5.74) is 1.36. The monoisotopic (exact) mass is 527 g/mol. The van der Waals surface area contributed by atoms with Gasteiger partial charge in [-0.3, -0.25) is 9.59 Å². The zero-order chi connectivity index (χ0) is 27.3. The lowest BCUT2D eigenvalue weighted by molar-refractivity contribution is -0.154. The minimum Gasteiger partial charge on any atom is -0.457 e. The Bertz CT molecular complexity index is 875. The van der Waals surface area contributed by atoms with Crippen LogP contribution in [0.15, 0.2) is 48.1 Å². The van der Waals surface area contributed by atoms with Gasteiger partial charge in [0.25, 0.3) is 0 Å². The SMILES string of the molecule is CC=C1CC2CC(=O)OC(C=CC=CCCCC(=O)NC)C(C)C=CC(C)CC3CCCC(CC(C1)O2)O3. The van der Waals surface area contributed by atoms with Crippen molar-refractivity contribution in [1.29, 1.82) is 0 Å². The zero-order valence-electron chi connectivity index (χ0n) is 23.9. The summed E-state index contributed by atoms with van der Waals surface area (Å²) in [6, 6.07) is 0. The third-order valence-electron chi connectivity index (χ3n) is 7.90. The van der Waals surface area contributed by atoms with E-state index in [1.807, 2.05) is 24.3 Å². The van der Waals surface area contributed by atoms with Crippen LogP contribution in [-0.2, 0) is 23.8 Å². The number of ether oxygens (including phenoxy) is 3. The van der Waals surface area contributed by atoms with Crippen molar-refractivity contribution < 1.29 is 23.8 Å². The highest BCUT2D eigenvalue weighted by molar-refractivity contribution is 5.75. The van der Waals surface area contributed by atoms with E-state index in [-0.39, 0.29) is 48.6 Å². The van der Waals surface area contributed by atoms with E-state index in [0.717, 1.165) is 51.4 Å². The summed E-state index contributed by atoms with van der Waals surface area (Å²) in [6.07, 6.45) is 24.1. The highest BCUT2D eigenvalue weighted by Crippen LogP contribution is 2.33. The largest absolute Gasteiger partial charge is 0.457 e. The van der Waals surface area contributed by atoms with Gasteiger partial charge in [-0.1, -0.05) is 55.9 Å². The number of allylic oxidation sites excluding steroid dienone is 5. The summed E-state index contributed by atoms with van der Waals surface area (Å²) in [5, 5.41) is 2.64. The van der Waals surface area contributed by atoms with Gasteiger partial charge >= 0.3 is 5.97 Å². The lowest BCUT2D eigenvalue weighted by Gasteiger charge is -2.37. The fourth-order valence-electron chi connectivity index (χ4n) is 5.68. The Hall–Kier alpha value is -2.18. The number of carbonyl (C=O) groups excluding carboxylic acids is 2. The van der Waals surface area contributed by atoms with Gasteiger partial charge in [-0.2, -0.15) is 0 Å². The normalized spacial score (nSPS) is 34.5. The average Bonchev–Trinajstić information content (AvgIpc) is 2.89. The van der Waals surface area contributed by atoms with Crippen LogP contribution in [0.1, 0.15) is 91.4 Å². The van der Waals surface area contributed by atoms with Gasteiger partial charge in [0, 0.05) is 25.8 Å². The molecule has 6 heteroatoms. The van der Waals surface area contributed by atoms with Gasteiger partial charge in [-0.05, 0) is 70.3 Å². The van der Waals surface area contributed by atoms with Crippen molar-refractivity contribution in [2.24, 2.45) is 11.8 Å². The standard InChI is InChI=1S/C32H49NO5/c1-5-25-19-28-21-27-13-11-12-26(36-27)18-23(2)16-17-24(3)30(38-32(35)22-29(20-25)37-28)14-9-7-6-8-10-15-31(34)33-4/h5-7,9,14,16-17,23-24,26-30H,8,10-13,15,18-22H2,1-4H3,(H,33,34). The molecule has 3 aliphatic rings. The van der Waals surface area contributed by atoms with E-state index in [4.69, 9.17) is 14.2 Å². The van der Waals surface area contributed by atoms with Crippen molar-refractivity contribution in [3.05, 3.63) is 48.1 Å². The molecule has 212 valence electrons. The summed E-state index contributed by atoms with van der Waals surface area (Å²) in [7, 11) is 1.66. The molecule has 0 radical (unpaired) electrons. The maximum atomic E-state index is 13.1. The quantitative estimate of drug-likeness (QED) is 0.188. The molecule has 2 fully saturated rings. The van der Waals surface area contributed by atoms with Crippen molar-refractivity contribution >= 4 is 11.9 Å². The summed E-state index contributed by atoms with van der Waals surface area (Å²) in [5.74, 6) is 0.272. The van der Waals surface area contributed by atoms with Crippen LogP contribution >= 0.6 is 0 Å². The fourth-order valence-corrected chi connectivity index (χ4v) is 5.68. The number of unbranched alkanes of at least 4 members (excludes halogenated alkanes) is 1. The smallest absolute Gasteiger partial charge is 0.309 e. The van der Waals surface area contributed by atoms with Gasteiger partial charge in [0.2, 0.25) is 5.91 Å². The maximum absolute atomic E-state index is 13.1. The van der Waals surface area contributed by atoms with Crippen LogP contribution in [0.25, 0.3) is 0 Å². The Labute approximate surface area is 229 Å². The Morgan fingerprint density at radius 2 is 1.74 bits per heavy atom. The van der Waals surface area contributed by atoms with Crippen molar-refractivity contribution in [1.82, 2.24) is 5.32 Å². The predicted molar refractivity (Wildman–Crippen MR) is 152 cm³/mol. The first-order valence-electron chi connectivity index (χ1n) is 14.7. The number of cyclic esters (lactones) is 1. The summed E-state index contributed by atoms with van der Waals surface area (Å²) in [4.78, 5) is 24.4. The molecule has 0 saturated carbocycles. The van der Waals surface area contributed by atoms with Crippen LogP contribution < -0.4 is 5.32 Å². The molecule has 3 rings (SSSR count). The lowest BCUT2D eigenvalue weighted by Crippen LogP contribution is -2.37. The van der Waals surface area contributed by atoms with Crippen LogP contribution in [0.3, 0.4) is 0 Å². The molecule has 7 unspecified atom stereocenters. The molecule has 7 atom stereocenters. The van der Waals surface area contributed by atoms with Gasteiger partial charge in [0.1, 0.15) is 6.10 Å². The molecule has 1 N–H and O–H groups in total. The molecular weight excluding hydrogens is 478 g/mol. The third-order valence-corrected chi connectivity index (χ3v) is 7.90. The molecule has 0 aromatic carbocycles. The Kier molecular flexibility index (Phi) is 12.8. The highest BCUT2D eigenvalue weighted by Gasteiger charge is 2.32. The zero-order valence-corrected chi connectivity index (χ0v) is 23.9. The van der Waals surface area contributed by atoms with E-state index < -0.39 is 0 Å². The summed E-state index contributed by atoms with van der Waals surface area (Å²) < 4.78 is 19.0. The Morgan fingerprint density at radius 1 is 1.00 bits per heavy atom. The Morgan fingerprint density at radius 3 is 2.50 bits per heavy atom. The molecule has 0 aliphatic carbocycles. The lowest BCUT2D eigenvalue weighted by atomic mass is 9.90. The number of carbonyl (C=O) groups is 2. The van der Waals surface area contributed by atoms with Crippen LogP contribution in [-0.4, -0.2) is 49.4 Å².